The molecule has 1 fully saturated rings. The van der Waals surface area contributed by atoms with Gasteiger partial charge in [-0.1, -0.05) is 6.07 Å². The molecule has 1 aromatic rings. The lowest BCUT2D eigenvalue weighted by Crippen LogP contribution is -2.25. The Labute approximate surface area is 85.7 Å². The van der Waals surface area contributed by atoms with Crippen LogP contribution in [0.15, 0.2) is 18.2 Å². The first kappa shape index (κ1) is 9.89. The second-order valence-electron chi connectivity index (χ2n) is 3.33. The third-order valence-corrected chi connectivity index (χ3v) is 2.24. The van der Waals surface area contributed by atoms with Crippen molar-refractivity contribution in [2.75, 3.05) is 13.1 Å². The Morgan fingerprint density at radius 1 is 1.33 bits per heavy atom. The summed E-state index contributed by atoms with van der Waals surface area (Å²) in [5.74, 6) is -1.77. The molecule has 0 atom stereocenters. The third-order valence-electron chi connectivity index (χ3n) is 2.24. The number of rotatable bonds is 2. The number of amides is 2. The van der Waals surface area contributed by atoms with Crippen LogP contribution in [-0.4, -0.2) is 24.0 Å². The van der Waals surface area contributed by atoms with Gasteiger partial charge >= 0.3 is 6.03 Å². The van der Waals surface area contributed by atoms with Crippen LogP contribution in [0.1, 0.15) is 5.56 Å². The van der Waals surface area contributed by atoms with Gasteiger partial charge in [-0.15, -0.1) is 0 Å². The summed E-state index contributed by atoms with van der Waals surface area (Å²) in [4.78, 5) is 12.6. The van der Waals surface area contributed by atoms with E-state index in [1.54, 1.807) is 0 Å². The highest BCUT2D eigenvalue weighted by Gasteiger charge is 2.21. The van der Waals surface area contributed by atoms with Crippen molar-refractivity contribution in [3.05, 3.63) is 35.4 Å². The quantitative estimate of drug-likeness (QED) is 0.730. The fourth-order valence-corrected chi connectivity index (χ4v) is 1.47. The number of hydrogen-bond acceptors (Lipinski definition) is 1. The minimum Gasteiger partial charge on any atom is -0.317 e. The van der Waals surface area contributed by atoms with Crippen LogP contribution in [0.25, 0.3) is 0 Å². The van der Waals surface area contributed by atoms with E-state index in [1.165, 1.54) is 11.0 Å². The van der Waals surface area contributed by atoms with Crippen molar-refractivity contribution in [3.63, 3.8) is 0 Å². The smallest absolute Gasteiger partial charge is 0.317 e. The standard InChI is InChI=1S/C10H9F2N2O/c11-8-2-1-7(5-9(8)12)6-14-4-3-13-10(14)15/h1-2,5H,3-4,6H2. The van der Waals surface area contributed by atoms with Crippen molar-refractivity contribution >= 4 is 6.03 Å². The summed E-state index contributed by atoms with van der Waals surface area (Å²) in [6, 6.07) is 3.33. The fraction of sp³-hybridized carbons (Fsp3) is 0.300. The molecule has 0 bridgehead atoms. The van der Waals surface area contributed by atoms with E-state index < -0.39 is 11.6 Å². The summed E-state index contributed by atoms with van der Waals surface area (Å²) in [5.41, 5.74) is 0.569. The van der Waals surface area contributed by atoms with Gasteiger partial charge in [-0.2, -0.15) is 0 Å². The zero-order chi connectivity index (χ0) is 10.8. The number of nitrogens with zero attached hydrogens (tertiary/aromatic N) is 2. The zero-order valence-corrected chi connectivity index (χ0v) is 7.91. The highest BCUT2D eigenvalue weighted by Crippen LogP contribution is 2.12. The molecule has 0 spiro atoms. The Balaban J connectivity index is 2.10. The molecule has 79 valence electrons. The van der Waals surface area contributed by atoms with Crippen LogP contribution in [0, 0.1) is 11.6 Å². The number of hydrogen-bond donors (Lipinski definition) is 0. The molecule has 0 aliphatic carbocycles. The van der Waals surface area contributed by atoms with Crippen molar-refractivity contribution in [2.45, 2.75) is 6.54 Å². The van der Waals surface area contributed by atoms with E-state index in [0.29, 0.717) is 18.7 Å². The number of carbonyl (C=O) groups excluding carboxylic acids is 1. The van der Waals surface area contributed by atoms with E-state index in [2.05, 4.69) is 5.32 Å². The zero-order valence-electron chi connectivity index (χ0n) is 7.91. The SMILES string of the molecule is O=C1[N]CCN1Cc1ccc(F)c(F)c1. The van der Waals surface area contributed by atoms with Crippen molar-refractivity contribution in [1.82, 2.24) is 10.2 Å². The van der Waals surface area contributed by atoms with Crippen LogP contribution in [0.2, 0.25) is 0 Å². The first-order chi connectivity index (χ1) is 7.16. The molecule has 1 saturated heterocycles. The average molecular weight is 211 g/mol. The van der Waals surface area contributed by atoms with E-state index in [9.17, 15) is 13.6 Å². The molecule has 0 saturated carbocycles. The molecule has 2 amide bonds. The summed E-state index contributed by atoms with van der Waals surface area (Å²) >= 11 is 0. The molecule has 0 N–H and O–H groups in total. The van der Waals surface area contributed by atoms with Gasteiger partial charge in [-0.3, -0.25) is 0 Å². The van der Waals surface area contributed by atoms with E-state index >= 15 is 0 Å². The molecule has 3 nitrogen and oxygen atoms in total. The maximum absolute atomic E-state index is 12.8. The largest absolute Gasteiger partial charge is 0.339 e. The van der Waals surface area contributed by atoms with Gasteiger partial charge < -0.3 is 4.90 Å². The Hall–Kier alpha value is -1.65. The van der Waals surface area contributed by atoms with Crippen LogP contribution in [0.4, 0.5) is 13.6 Å². The second kappa shape index (κ2) is 3.84. The van der Waals surface area contributed by atoms with Gasteiger partial charge in [0.2, 0.25) is 0 Å². The van der Waals surface area contributed by atoms with Gasteiger partial charge in [0.25, 0.3) is 0 Å². The van der Waals surface area contributed by atoms with Crippen molar-refractivity contribution in [1.29, 1.82) is 0 Å². The Kier molecular flexibility index (Phi) is 2.53. The minimum atomic E-state index is -0.893. The van der Waals surface area contributed by atoms with Crippen LogP contribution in [0.3, 0.4) is 0 Å². The molecular formula is C10H9F2N2O. The average Bonchev–Trinajstić information content (AvgIpc) is 2.59. The van der Waals surface area contributed by atoms with E-state index in [0.717, 1.165) is 12.1 Å². The van der Waals surface area contributed by atoms with Crippen molar-refractivity contribution in [2.24, 2.45) is 0 Å². The van der Waals surface area contributed by atoms with Gasteiger partial charge in [0, 0.05) is 13.1 Å². The molecule has 1 aliphatic heterocycles. The predicted octanol–water partition coefficient (Wildman–Crippen LogP) is 1.50. The van der Waals surface area contributed by atoms with Gasteiger partial charge in [0.1, 0.15) is 0 Å². The molecule has 1 aliphatic rings. The lowest BCUT2D eigenvalue weighted by atomic mass is 10.2. The molecular weight excluding hydrogens is 202 g/mol. The normalized spacial score (nSPS) is 15.6. The first-order valence-electron chi connectivity index (χ1n) is 4.57. The number of urea groups is 1. The molecule has 15 heavy (non-hydrogen) atoms. The summed E-state index contributed by atoms with van der Waals surface area (Å²) in [5, 5.41) is 3.67. The maximum atomic E-state index is 12.8. The Morgan fingerprint density at radius 2 is 2.13 bits per heavy atom. The predicted molar refractivity (Wildman–Crippen MR) is 49.2 cm³/mol. The molecule has 0 unspecified atom stereocenters. The summed E-state index contributed by atoms with van der Waals surface area (Å²) < 4.78 is 25.5. The Morgan fingerprint density at radius 3 is 2.73 bits per heavy atom. The van der Waals surface area contributed by atoms with Crippen LogP contribution >= 0.6 is 0 Å². The summed E-state index contributed by atoms with van der Waals surface area (Å²) in [6.45, 7) is 1.29. The maximum Gasteiger partial charge on any atom is 0.339 e. The van der Waals surface area contributed by atoms with Crippen LogP contribution in [-0.2, 0) is 6.54 Å². The molecule has 5 heteroatoms. The second-order valence-corrected chi connectivity index (χ2v) is 3.33. The van der Waals surface area contributed by atoms with Crippen LogP contribution in [0.5, 0.6) is 0 Å². The molecule has 1 radical (unpaired) electrons. The number of benzene rings is 1. The fourth-order valence-electron chi connectivity index (χ4n) is 1.47. The lowest BCUT2D eigenvalue weighted by Gasteiger charge is -2.13. The van der Waals surface area contributed by atoms with Gasteiger partial charge in [0.05, 0.1) is 6.54 Å². The number of halogens is 2. The summed E-state index contributed by atoms with van der Waals surface area (Å²) in [7, 11) is 0. The van der Waals surface area contributed by atoms with E-state index in [-0.39, 0.29) is 12.6 Å². The van der Waals surface area contributed by atoms with E-state index in [1.807, 2.05) is 0 Å². The van der Waals surface area contributed by atoms with Gasteiger partial charge in [0.15, 0.2) is 11.6 Å². The summed E-state index contributed by atoms with van der Waals surface area (Å²) in [6.07, 6.45) is 0. The highest BCUT2D eigenvalue weighted by molar-refractivity contribution is 5.75. The van der Waals surface area contributed by atoms with Gasteiger partial charge in [-0.25, -0.2) is 18.9 Å². The highest BCUT2D eigenvalue weighted by atomic mass is 19.2. The first-order valence-corrected chi connectivity index (χ1v) is 4.57. The monoisotopic (exact) mass is 211 g/mol. The number of carbonyl (C=O) groups is 1. The van der Waals surface area contributed by atoms with Crippen molar-refractivity contribution in [3.8, 4) is 0 Å². The Bertz CT molecular complexity index is 395. The topological polar surface area (TPSA) is 34.4 Å². The molecule has 0 aromatic heterocycles. The minimum absolute atomic E-state index is 0.277. The van der Waals surface area contributed by atoms with Gasteiger partial charge in [-0.05, 0) is 17.7 Å². The van der Waals surface area contributed by atoms with Crippen LogP contribution < -0.4 is 5.32 Å². The third kappa shape index (κ3) is 2.06. The lowest BCUT2D eigenvalue weighted by molar-refractivity contribution is 0.215. The van der Waals surface area contributed by atoms with Crippen molar-refractivity contribution < 1.29 is 13.6 Å². The molecule has 1 aromatic carbocycles. The molecule has 1 heterocycles. The molecule has 2 rings (SSSR count). The van der Waals surface area contributed by atoms with E-state index in [4.69, 9.17) is 0 Å².